The molecule has 17 heavy (non-hydrogen) atoms. The molecule has 0 aromatic carbocycles. The second-order valence-electron chi connectivity index (χ2n) is 5.94. The van der Waals surface area contributed by atoms with Crippen LogP contribution in [0.4, 0.5) is 0 Å². The highest BCUT2D eigenvalue weighted by atomic mass is 32.2. The number of hydrogen-bond acceptors (Lipinski definition) is 3. The normalized spacial score (nSPS) is 38.9. The Morgan fingerprint density at radius 3 is 2.71 bits per heavy atom. The van der Waals surface area contributed by atoms with Crippen LogP contribution in [0.1, 0.15) is 51.4 Å². The molecule has 2 aliphatic carbocycles. The minimum atomic E-state index is 0.639. The molecule has 0 aromatic rings. The third-order valence-electron chi connectivity index (χ3n) is 4.72. The zero-order chi connectivity index (χ0) is 11.7. The van der Waals surface area contributed by atoms with Gasteiger partial charge in [0.15, 0.2) is 0 Å². The van der Waals surface area contributed by atoms with Crippen molar-refractivity contribution in [3.05, 3.63) is 0 Å². The molecule has 0 amide bonds. The van der Waals surface area contributed by atoms with E-state index in [2.05, 4.69) is 11.8 Å². The summed E-state index contributed by atoms with van der Waals surface area (Å²) in [5.41, 5.74) is 5.82. The summed E-state index contributed by atoms with van der Waals surface area (Å²) in [6, 6.07) is 0.639. The van der Waals surface area contributed by atoms with Gasteiger partial charge in [0.1, 0.15) is 0 Å². The molecule has 0 aromatic heterocycles. The summed E-state index contributed by atoms with van der Waals surface area (Å²) in [6.45, 7) is 0.878. The fraction of sp³-hybridized carbons (Fsp3) is 0.929. The fourth-order valence-electron chi connectivity index (χ4n) is 3.58. The molecule has 2 fully saturated rings. The van der Waals surface area contributed by atoms with E-state index in [0.29, 0.717) is 6.04 Å². The van der Waals surface area contributed by atoms with E-state index < -0.39 is 0 Å². The fourth-order valence-corrected chi connectivity index (χ4v) is 5.24. The van der Waals surface area contributed by atoms with Gasteiger partial charge in [-0.05, 0) is 44.6 Å². The van der Waals surface area contributed by atoms with Crippen molar-refractivity contribution in [3.63, 3.8) is 0 Å². The van der Waals surface area contributed by atoms with Gasteiger partial charge in [0, 0.05) is 11.2 Å². The largest absolute Gasteiger partial charge is 0.330 e. The summed E-state index contributed by atoms with van der Waals surface area (Å²) in [7, 11) is 0. The van der Waals surface area contributed by atoms with Crippen LogP contribution < -0.4 is 5.73 Å². The number of hydrogen-bond donors (Lipinski definition) is 1. The van der Waals surface area contributed by atoms with Crippen molar-refractivity contribution >= 4 is 16.8 Å². The Hall–Kier alpha value is -0.0200. The van der Waals surface area contributed by atoms with Crippen molar-refractivity contribution < 1.29 is 0 Å². The van der Waals surface area contributed by atoms with Gasteiger partial charge in [-0.1, -0.05) is 19.3 Å². The van der Waals surface area contributed by atoms with E-state index in [9.17, 15) is 0 Å². The molecule has 3 rings (SSSR count). The zero-order valence-electron chi connectivity index (χ0n) is 10.6. The summed E-state index contributed by atoms with van der Waals surface area (Å²) >= 11 is 2.11. The first-order chi connectivity index (χ1) is 8.36. The lowest BCUT2D eigenvalue weighted by Gasteiger charge is -2.29. The van der Waals surface area contributed by atoms with E-state index >= 15 is 0 Å². The van der Waals surface area contributed by atoms with Gasteiger partial charge in [0.2, 0.25) is 0 Å². The summed E-state index contributed by atoms with van der Waals surface area (Å²) in [5, 5.41) is 2.28. The third kappa shape index (κ3) is 2.55. The van der Waals surface area contributed by atoms with Crippen LogP contribution in [-0.2, 0) is 0 Å². The first kappa shape index (κ1) is 12.0. The molecule has 0 radical (unpaired) electrons. The Morgan fingerprint density at radius 2 is 1.94 bits per heavy atom. The molecule has 0 saturated heterocycles. The molecule has 3 atom stereocenters. The van der Waals surface area contributed by atoms with Crippen LogP contribution in [-0.4, -0.2) is 22.9 Å². The van der Waals surface area contributed by atoms with Crippen molar-refractivity contribution in [3.8, 4) is 0 Å². The van der Waals surface area contributed by atoms with E-state index in [4.69, 9.17) is 10.7 Å². The second kappa shape index (κ2) is 5.31. The SMILES string of the molecule is NCC1CCC2N=C(C3CCCCC3)SC2C1. The van der Waals surface area contributed by atoms with Gasteiger partial charge in [-0.25, -0.2) is 0 Å². The molecule has 2 saturated carbocycles. The number of nitrogens with zero attached hydrogens (tertiary/aromatic N) is 1. The van der Waals surface area contributed by atoms with Gasteiger partial charge < -0.3 is 5.73 Å². The van der Waals surface area contributed by atoms with Crippen LogP contribution in [0.5, 0.6) is 0 Å². The molecule has 1 aliphatic heterocycles. The molecule has 3 heteroatoms. The monoisotopic (exact) mass is 252 g/mol. The van der Waals surface area contributed by atoms with Crippen molar-refractivity contribution in [1.29, 1.82) is 0 Å². The number of fused-ring (bicyclic) bond motifs is 1. The second-order valence-corrected chi connectivity index (χ2v) is 7.20. The molecule has 1 heterocycles. The minimum absolute atomic E-state index is 0.639. The van der Waals surface area contributed by atoms with Crippen LogP contribution in [0.15, 0.2) is 4.99 Å². The number of thioether (sulfide) groups is 1. The maximum atomic E-state index is 5.82. The predicted molar refractivity (Wildman–Crippen MR) is 75.6 cm³/mol. The van der Waals surface area contributed by atoms with E-state index in [0.717, 1.165) is 23.6 Å². The zero-order valence-corrected chi connectivity index (χ0v) is 11.4. The Kier molecular flexibility index (Phi) is 3.76. The highest BCUT2D eigenvalue weighted by Gasteiger charge is 2.37. The minimum Gasteiger partial charge on any atom is -0.330 e. The van der Waals surface area contributed by atoms with Crippen LogP contribution in [0.25, 0.3) is 0 Å². The first-order valence-electron chi connectivity index (χ1n) is 7.31. The summed E-state index contributed by atoms with van der Waals surface area (Å²) in [4.78, 5) is 5.04. The van der Waals surface area contributed by atoms with Crippen molar-refractivity contribution in [2.75, 3.05) is 6.54 Å². The van der Waals surface area contributed by atoms with Crippen LogP contribution in [0, 0.1) is 11.8 Å². The number of nitrogens with two attached hydrogens (primary N) is 1. The lowest BCUT2D eigenvalue weighted by atomic mass is 9.86. The molecule has 3 unspecified atom stereocenters. The topological polar surface area (TPSA) is 38.4 Å². The van der Waals surface area contributed by atoms with E-state index in [1.165, 1.54) is 56.4 Å². The molecule has 0 bridgehead atoms. The van der Waals surface area contributed by atoms with Gasteiger partial charge in [-0.15, -0.1) is 11.8 Å². The summed E-state index contributed by atoms with van der Waals surface area (Å²) in [6.07, 6.45) is 11.0. The smallest absolute Gasteiger partial charge is 0.0714 e. The molecule has 96 valence electrons. The lowest BCUT2D eigenvalue weighted by molar-refractivity contribution is 0.346. The highest BCUT2D eigenvalue weighted by molar-refractivity contribution is 8.14. The maximum absolute atomic E-state index is 5.82. The Labute approximate surface area is 109 Å². The molecule has 2 nitrogen and oxygen atoms in total. The summed E-state index contributed by atoms with van der Waals surface area (Å²) < 4.78 is 0. The van der Waals surface area contributed by atoms with Crippen LogP contribution in [0.2, 0.25) is 0 Å². The Balaban J connectivity index is 1.62. The van der Waals surface area contributed by atoms with Gasteiger partial charge >= 0.3 is 0 Å². The molecule has 0 spiro atoms. The molecular weight excluding hydrogens is 228 g/mol. The average molecular weight is 252 g/mol. The van der Waals surface area contributed by atoms with Crippen molar-refractivity contribution in [2.45, 2.75) is 62.7 Å². The van der Waals surface area contributed by atoms with Gasteiger partial charge in [0.25, 0.3) is 0 Å². The van der Waals surface area contributed by atoms with E-state index in [-0.39, 0.29) is 0 Å². The maximum Gasteiger partial charge on any atom is 0.0714 e. The van der Waals surface area contributed by atoms with Crippen molar-refractivity contribution in [2.24, 2.45) is 22.6 Å². The van der Waals surface area contributed by atoms with E-state index in [1.807, 2.05) is 0 Å². The standard InChI is InChI=1S/C14H24N2S/c15-9-10-6-7-12-13(8-10)17-14(16-12)11-4-2-1-3-5-11/h10-13H,1-9,15H2. The van der Waals surface area contributed by atoms with E-state index in [1.54, 1.807) is 0 Å². The van der Waals surface area contributed by atoms with Crippen LogP contribution >= 0.6 is 11.8 Å². The highest BCUT2D eigenvalue weighted by Crippen LogP contribution is 2.43. The van der Waals surface area contributed by atoms with Gasteiger partial charge in [-0.2, -0.15) is 0 Å². The quantitative estimate of drug-likeness (QED) is 0.819. The summed E-state index contributed by atoms with van der Waals surface area (Å²) in [5.74, 6) is 1.58. The Morgan fingerprint density at radius 1 is 1.12 bits per heavy atom. The Bertz CT molecular complexity index is 297. The average Bonchev–Trinajstić information content (AvgIpc) is 2.82. The molecular formula is C14H24N2S. The predicted octanol–water partition coefficient (Wildman–Crippen LogP) is 3.21. The number of rotatable bonds is 2. The third-order valence-corrected chi connectivity index (χ3v) is 6.21. The number of aliphatic imine (C=N–C) groups is 1. The van der Waals surface area contributed by atoms with Crippen molar-refractivity contribution in [1.82, 2.24) is 0 Å². The van der Waals surface area contributed by atoms with Gasteiger partial charge in [0.05, 0.1) is 11.1 Å². The van der Waals surface area contributed by atoms with Crippen LogP contribution in [0.3, 0.4) is 0 Å². The molecule has 3 aliphatic rings. The van der Waals surface area contributed by atoms with Gasteiger partial charge in [-0.3, -0.25) is 4.99 Å². The molecule has 2 N–H and O–H groups in total. The first-order valence-corrected chi connectivity index (χ1v) is 8.19. The lowest BCUT2D eigenvalue weighted by Crippen LogP contribution is -2.31.